The van der Waals surface area contributed by atoms with E-state index in [1.165, 1.54) is 5.56 Å². The number of rotatable bonds is 3. The van der Waals surface area contributed by atoms with Crippen LogP contribution in [0.4, 0.5) is 0 Å². The summed E-state index contributed by atoms with van der Waals surface area (Å²) in [5.74, 6) is 0.0668. The van der Waals surface area contributed by atoms with Gasteiger partial charge in [-0.25, -0.2) is 4.52 Å². The van der Waals surface area contributed by atoms with Crippen molar-refractivity contribution in [2.45, 2.75) is 19.9 Å². The first kappa shape index (κ1) is 16.8. The lowest BCUT2D eigenvalue weighted by Crippen LogP contribution is -2.35. The second-order valence-electron chi connectivity index (χ2n) is 6.98. The van der Waals surface area contributed by atoms with Crippen LogP contribution in [0.15, 0.2) is 36.9 Å². The molecular formula is C19H24N6O. The van der Waals surface area contributed by atoms with Gasteiger partial charge in [-0.05, 0) is 25.0 Å². The average Bonchev–Trinajstić information content (AvgIpc) is 3.13. The number of imidazole rings is 1. The van der Waals surface area contributed by atoms with E-state index >= 15 is 0 Å². The Morgan fingerprint density at radius 1 is 1.12 bits per heavy atom. The number of hydrogen-bond donors (Lipinski definition) is 0. The Morgan fingerprint density at radius 2 is 2.00 bits per heavy atom. The van der Waals surface area contributed by atoms with Gasteiger partial charge < -0.3 is 9.47 Å². The molecule has 1 aliphatic heterocycles. The number of aromatic nitrogens is 4. The summed E-state index contributed by atoms with van der Waals surface area (Å²) < 4.78 is 3.69. The maximum Gasteiger partial charge on any atom is 0.259 e. The zero-order valence-electron chi connectivity index (χ0n) is 15.3. The van der Waals surface area contributed by atoms with Crippen LogP contribution in [-0.4, -0.2) is 61.1 Å². The molecule has 0 aromatic carbocycles. The van der Waals surface area contributed by atoms with Crippen LogP contribution < -0.4 is 0 Å². The fourth-order valence-corrected chi connectivity index (χ4v) is 3.52. The van der Waals surface area contributed by atoms with Gasteiger partial charge in [-0.2, -0.15) is 5.10 Å². The molecule has 4 heterocycles. The maximum absolute atomic E-state index is 13.0. The predicted molar refractivity (Wildman–Crippen MR) is 98.9 cm³/mol. The van der Waals surface area contributed by atoms with Gasteiger partial charge in [0.2, 0.25) is 0 Å². The van der Waals surface area contributed by atoms with E-state index in [4.69, 9.17) is 0 Å². The largest absolute Gasteiger partial charge is 0.337 e. The molecule has 0 aliphatic carbocycles. The first-order valence-electron chi connectivity index (χ1n) is 9.03. The van der Waals surface area contributed by atoms with E-state index in [9.17, 15) is 4.79 Å². The number of fused-ring (bicyclic) bond motifs is 1. The first-order valence-corrected chi connectivity index (χ1v) is 9.03. The lowest BCUT2D eigenvalue weighted by atomic mass is 10.2. The topological polar surface area (TPSA) is 58.7 Å². The third-order valence-corrected chi connectivity index (χ3v) is 5.00. The van der Waals surface area contributed by atoms with Gasteiger partial charge >= 0.3 is 0 Å². The van der Waals surface area contributed by atoms with Gasteiger partial charge in [0.25, 0.3) is 5.91 Å². The number of hydrogen-bond acceptors (Lipinski definition) is 4. The quantitative estimate of drug-likeness (QED) is 0.720. The molecule has 7 heteroatoms. The summed E-state index contributed by atoms with van der Waals surface area (Å²) in [5.41, 5.74) is 3.78. The Labute approximate surface area is 152 Å². The lowest BCUT2D eigenvalue weighted by molar-refractivity contribution is 0.0762. The van der Waals surface area contributed by atoms with Gasteiger partial charge in [-0.1, -0.05) is 6.07 Å². The number of aryl methyl sites for hydroxylation is 2. The molecule has 0 N–H and O–H groups in total. The zero-order valence-corrected chi connectivity index (χ0v) is 15.3. The Morgan fingerprint density at radius 3 is 2.81 bits per heavy atom. The lowest BCUT2D eigenvalue weighted by Gasteiger charge is -2.21. The van der Waals surface area contributed by atoms with E-state index in [0.717, 1.165) is 50.5 Å². The second-order valence-corrected chi connectivity index (χ2v) is 6.98. The minimum absolute atomic E-state index is 0.0668. The van der Waals surface area contributed by atoms with Crippen LogP contribution in [0.25, 0.3) is 5.65 Å². The minimum Gasteiger partial charge on any atom is -0.337 e. The number of amides is 1. The highest BCUT2D eigenvalue weighted by Gasteiger charge is 2.24. The van der Waals surface area contributed by atoms with Gasteiger partial charge in [0.05, 0.1) is 11.9 Å². The van der Waals surface area contributed by atoms with Crippen LogP contribution in [0, 0.1) is 6.92 Å². The van der Waals surface area contributed by atoms with Crippen LogP contribution >= 0.6 is 0 Å². The zero-order chi connectivity index (χ0) is 18.1. The van der Waals surface area contributed by atoms with Crippen molar-refractivity contribution in [2.75, 3.05) is 26.2 Å². The molecular weight excluding hydrogens is 328 g/mol. The molecule has 0 radical (unpaired) electrons. The Balaban J connectivity index is 1.44. The van der Waals surface area contributed by atoms with Crippen molar-refractivity contribution >= 4 is 11.6 Å². The van der Waals surface area contributed by atoms with Crippen molar-refractivity contribution in [2.24, 2.45) is 7.05 Å². The van der Waals surface area contributed by atoms with Gasteiger partial charge in [0, 0.05) is 58.4 Å². The van der Waals surface area contributed by atoms with E-state index in [1.807, 2.05) is 42.0 Å². The number of carbonyl (C=O) groups excluding carboxylic acids is 1. The van der Waals surface area contributed by atoms with Gasteiger partial charge in [-0.3, -0.25) is 14.7 Å². The van der Waals surface area contributed by atoms with E-state index in [2.05, 4.69) is 27.1 Å². The molecule has 136 valence electrons. The van der Waals surface area contributed by atoms with Gasteiger partial charge in [-0.15, -0.1) is 0 Å². The molecule has 0 bridgehead atoms. The summed E-state index contributed by atoms with van der Waals surface area (Å²) in [7, 11) is 1.94. The van der Waals surface area contributed by atoms with Crippen molar-refractivity contribution in [1.82, 2.24) is 29.0 Å². The minimum atomic E-state index is 0.0668. The number of carbonyl (C=O) groups is 1. The Hall–Kier alpha value is -2.67. The summed E-state index contributed by atoms with van der Waals surface area (Å²) in [6, 6.07) is 4.18. The molecule has 1 fully saturated rings. The summed E-state index contributed by atoms with van der Waals surface area (Å²) in [6.45, 7) is 6.22. The molecule has 1 aliphatic rings. The molecule has 3 aromatic heterocycles. The molecule has 3 aromatic rings. The third kappa shape index (κ3) is 3.22. The standard InChI is InChI=1S/C19H24N6O/c1-15-4-5-16(20-12-15)14-23-6-3-7-24(10-9-23)19(26)17-13-21-25-11-8-22(2)18(17)25/h4-5,8,11-13H,3,6-7,9-10,14H2,1-2H3. The van der Waals surface area contributed by atoms with Crippen LogP contribution in [-0.2, 0) is 13.6 Å². The molecule has 0 saturated carbocycles. The monoisotopic (exact) mass is 352 g/mol. The molecule has 1 amide bonds. The van der Waals surface area contributed by atoms with Crippen LogP contribution in [0.3, 0.4) is 0 Å². The molecule has 0 atom stereocenters. The molecule has 26 heavy (non-hydrogen) atoms. The van der Waals surface area contributed by atoms with E-state index in [-0.39, 0.29) is 5.91 Å². The van der Waals surface area contributed by atoms with Crippen LogP contribution in [0.2, 0.25) is 0 Å². The normalized spacial score (nSPS) is 16.2. The second kappa shape index (κ2) is 6.92. The smallest absolute Gasteiger partial charge is 0.259 e. The fraction of sp³-hybridized carbons (Fsp3) is 0.421. The van der Waals surface area contributed by atoms with Crippen LogP contribution in [0.5, 0.6) is 0 Å². The van der Waals surface area contributed by atoms with Crippen molar-refractivity contribution in [3.8, 4) is 0 Å². The molecule has 7 nitrogen and oxygen atoms in total. The molecule has 4 rings (SSSR count). The highest BCUT2D eigenvalue weighted by Crippen LogP contribution is 2.16. The summed E-state index contributed by atoms with van der Waals surface area (Å²) >= 11 is 0. The van der Waals surface area contributed by atoms with Gasteiger partial charge in [0.15, 0.2) is 0 Å². The number of nitrogens with zero attached hydrogens (tertiary/aromatic N) is 6. The maximum atomic E-state index is 13.0. The van der Waals surface area contributed by atoms with Crippen molar-refractivity contribution in [3.63, 3.8) is 0 Å². The van der Waals surface area contributed by atoms with E-state index < -0.39 is 0 Å². The highest BCUT2D eigenvalue weighted by molar-refractivity contribution is 5.99. The SMILES string of the molecule is Cc1ccc(CN2CCCN(C(=O)c3cnn4ccn(C)c34)CC2)nc1. The van der Waals surface area contributed by atoms with E-state index in [1.54, 1.807) is 10.7 Å². The van der Waals surface area contributed by atoms with Gasteiger partial charge in [0.1, 0.15) is 11.2 Å². The highest BCUT2D eigenvalue weighted by atomic mass is 16.2. The molecule has 0 unspecified atom stereocenters. The third-order valence-electron chi connectivity index (χ3n) is 5.00. The molecule has 1 saturated heterocycles. The number of pyridine rings is 1. The summed E-state index contributed by atoms with van der Waals surface area (Å²) in [6.07, 6.45) is 8.34. The van der Waals surface area contributed by atoms with Crippen LogP contribution in [0.1, 0.15) is 28.0 Å². The van der Waals surface area contributed by atoms with E-state index in [0.29, 0.717) is 5.56 Å². The van der Waals surface area contributed by atoms with Crippen molar-refractivity contribution < 1.29 is 4.79 Å². The Bertz CT molecular complexity index is 910. The average molecular weight is 352 g/mol. The Kier molecular flexibility index (Phi) is 4.46. The summed E-state index contributed by atoms with van der Waals surface area (Å²) in [5, 5.41) is 4.29. The fourth-order valence-electron chi connectivity index (χ4n) is 3.52. The first-order chi connectivity index (χ1) is 12.6. The van der Waals surface area contributed by atoms with Crippen molar-refractivity contribution in [1.29, 1.82) is 0 Å². The predicted octanol–water partition coefficient (Wildman–Crippen LogP) is 1.72. The summed E-state index contributed by atoms with van der Waals surface area (Å²) in [4.78, 5) is 21.8. The van der Waals surface area contributed by atoms with Crippen molar-refractivity contribution in [3.05, 3.63) is 53.7 Å². The molecule has 0 spiro atoms.